The van der Waals surface area contributed by atoms with Crippen molar-refractivity contribution >= 4 is 22.7 Å². The summed E-state index contributed by atoms with van der Waals surface area (Å²) in [5, 5.41) is 0.344. The van der Waals surface area contributed by atoms with E-state index >= 15 is 4.39 Å². The van der Waals surface area contributed by atoms with Crippen LogP contribution in [0.2, 0.25) is 5.02 Å². The van der Waals surface area contributed by atoms with Crippen LogP contribution in [0.3, 0.4) is 0 Å². The third-order valence-electron chi connectivity index (χ3n) is 7.19. The lowest BCUT2D eigenvalue weighted by atomic mass is 9.86. The first-order chi connectivity index (χ1) is 17.0. The van der Waals surface area contributed by atoms with Crippen molar-refractivity contribution < 1.29 is 13.2 Å². The largest absolute Gasteiger partial charge is 0.303 e. The third kappa shape index (κ3) is 5.19. The number of likely N-dealkylation sites (tertiary alicyclic amines) is 1. The Balaban J connectivity index is 1.51. The average Bonchev–Trinajstić information content (AvgIpc) is 3.00. The fourth-order valence-corrected chi connectivity index (χ4v) is 5.81. The molecule has 0 atom stereocenters. The molecule has 35 heavy (non-hydrogen) atoms. The number of aryl methyl sites for hydroxylation is 1. The minimum Gasteiger partial charge on any atom is -0.303 e. The molecule has 1 fully saturated rings. The molecule has 1 heterocycles. The molecule has 0 radical (unpaired) electrons. The number of rotatable bonds is 7. The predicted molar refractivity (Wildman–Crippen MR) is 137 cm³/mol. The van der Waals surface area contributed by atoms with Crippen molar-refractivity contribution in [3.63, 3.8) is 0 Å². The number of halogens is 4. The molecule has 3 aromatic rings. The van der Waals surface area contributed by atoms with E-state index in [1.54, 1.807) is 12.1 Å². The number of benzene rings is 3. The number of hydrogen-bond acceptors (Lipinski definition) is 1. The standard InChI is InChI=1S/C30H29ClF3N/c31-28-17-23(33)10-12-25(28)26-8-3-6-22-5-1-2-7-24(22)30(26)27-11-9-20(16-29(27)34)15-21-18-35(19-21)14-4-13-32/h1-2,5,7,9-12,16-17,21H,3-4,6,8,13-15,18-19H2. The molecule has 1 aliphatic heterocycles. The molecule has 0 saturated carbocycles. The SMILES string of the molecule is FCCCN1CC(Cc2ccc(C3=C(c4ccc(F)cc4Cl)CCCc4ccccc43)c(F)c2)C1. The topological polar surface area (TPSA) is 3.24 Å². The van der Waals surface area contributed by atoms with Crippen LogP contribution in [0.5, 0.6) is 0 Å². The molecule has 0 amide bonds. The number of fused-ring (bicyclic) bond motifs is 1. The second-order valence-electron chi connectivity index (χ2n) is 9.67. The molecule has 0 aromatic heterocycles. The smallest absolute Gasteiger partial charge is 0.131 e. The number of allylic oxidation sites excluding steroid dienone is 1. The minimum atomic E-state index is -0.385. The van der Waals surface area contributed by atoms with Gasteiger partial charge in [0.2, 0.25) is 0 Å². The maximum absolute atomic E-state index is 15.8. The lowest BCUT2D eigenvalue weighted by molar-refractivity contribution is 0.0968. The zero-order valence-corrected chi connectivity index (χ0v) is 20.4. The van der Waals surface area contributed by atoms with Crippen LogP contribution in [0.25, 0.3) is 11.1 Å². The van der Waals surface area contributed by atoms with Gasteiger partial charge < -0.3 is 4.90 Å². The first-order valence-corrected chi connectivity index (χ1v) is 12.7. The van der Waals surface area contributed by atoms with Crippen molar-refractivity contribution in [1.82, 2.24) is 4.90 Å². The van der Waals surface area contributed by atoms with Crippen LogP contribution >= 0.6 is 11.6 Å². The van der Waals surface area contributed by atoms with Gasteiger partial charge in [-0.3, -0.25) is 4.39 Å². The van der Waals surface area contributed by atoms with E-state index < -0.39 is 0 Å². The Labute approximate surface area is 210 Å². The van der Waals surface area contributed by atoms with Crippen LogP contribution in [0.1, 0.15) is 47.1 Å². The van der Waals surface area contributed by atoms with Gasteiger partial charge in [0.15, 0.2) is 0 Å². The summed E-state index contributed by atoms with van der Waals surface area (Å²) in [7, 11) is 0. The maximum atomic E-state index is 15.8. The Morgan fingerprint density at radius 1 is 0.886 bits per heavy atom. The van der Waals surface area contributed by atoms with Crippen LogP contribution in [-0.2, 0) is 12.8 Å². The molecule has 0 N–H and O–H groups in total. The van der Waals surface area contributed by atoms with E-state index in [0.717, 1.165) is 73.2 Å². The van der Waals surface area contributed by atoms with Gasteiger partial charge in [-0.15, -0.1) is 0 Å². The van der Waals surface area contributed by atoms with Gasteiger partial charge in [-0.2, -0.15) is 0 Å². The van der Waals surface area contributed by atoms with Crippen molar-refractivity contribution in [2.24, 2.45) is 5.92 Å². The van der Waals surface area contributed by atoms with Gasteiger partial charge in [0.25, 0.3) is 0 Å². The molecule has 1 aliphatic carbocycles. The van der Waals surface area contributed by atoms with Crippen molar-refractivity contribution in [3.8, 4) is 0 Å². The summed E-state index contributed by atoms with van der Waals surface area (Å²) in [6.45, 7) is 2.39. The molecule has 0 unspecified atom stereocenters. The van der Waals surface area contributed by atoms with Gasteiger partial charge >= 0.3 is 0 Å². The highest BCUT2D eigenvalue weighted by Gasteiger charge is 2.27. The zero-order valence-electron chi connectivity index (χ0n) is 19.7. The van der Waals surface area contributed by atoms with Gasteiger partial charge in [-0.05, 0) is 89.6 Å². The lowest BCUT2D eigenvalue weighted by Crippen LogP contribution is -2.47. The molecule has 5 heteroatoms. The highest BCUT2D eigenvalue weighted by atomic mass is 35.5. The summed E-state index contributed by atoms with van der Waals surface area (Å²) in [6.07, 6.45) is 3.92. The summed E-state index contributed by atoms with van der Waals surface area (Å²) >= 11 is 6.49. The molecule has 2 aliphatic rings. The summed E-state index contributed by atoms with van der Waals surface area (Å²) in [5.74, 6) is -0.158. The van der Waals surface area contributed by atoms with Crippen LogP contribution in [0.4, 0.5) is 13.2 Å². The molecule has 1 nitrogen and oxygen atoms in total. The molecule has 182 valence electrons. The van der Waals surface area contributed by atoms with Gasteiger partial charge in [-0.25, -0.2) is 8.78 Å². The summed E-state index contributed by atoms with van der Waals surface area (Å²) < 4.78 is 41.9. The minimum absolute atomic E-state index is 0.251. The Morgan fingerprint density at radius 3 is 2.46 bits per heavy atom. The quantitative estimate of drug-likeness (QED) is 0.324. The second-order valence-corrected chi connectivity index (χ2v) is 10.1. The van der Waals surface area contributed by atoms with Gasteiger partial charge in [-0.1, -0.05) is 54.1 Å². The van der Waals surface area contributed by atoms with Crippen molar-refractivity contribution in [2.75, 3.05) is 26.3 Å². The van der Waals surface area contributed by atoms with E-state index in [4.69, 9.17) is 11.6 Å². The average molecular weight is 496 g/mol. The number of hydrogen-bond donors (Lipinski definition) is 0. The van der Waals surface area contributed by atoms with Gasteiger partial charge in [0.05, 0.1) is 11.7 Å². The van der Waals surface area contributed by atoms with E-state index in [0.29, 0.717) is 22.9 Å². The first-order valence-electron chi connectivity index (χ1n) is 12.4. The highest BCUT2D eigenvalue weighted by molar-refractivity contribution is 6.32. The van der Waals surface area contributed by atoms with Crippen molar-refractivity contribution in [1.29, 1.82) is 0 Å². The van der Waals surface area contributed by atoms with E-state index in [1.807, 2.05) is 30.3 Å². The van der Waals surface area contributed by atoms with Crippen LogP contribution in [0.15, 0.2) is 60.7 Å². The first kappa shape index (κ1) is 24.1. The summed E-state index contributed by atoms with van der Waals surface area (Å²) in [6, 6.07) is 18.1. The van der Waals surface area contributed by atoms with E-state index in [-0.39, 0.29) is 18.3 Å². The Hall–Kier alpha value is -2.56. The highest BCUT2D eigenvalue weighted by Crippen LogP contribution is 2.42. The Morgan fingerprint density at radius 2 is 1.69 bits per heavy atom. The molecule has 0 spiro atoms. The third-order valence-corrected chi connectivity index (χ3v) is 7.50. The fraction of sp³-hybridized carbons (Fsp3) is 0.333. The zero-order chi connectivity index (χ0) is 24.4. The number of alkyl halides is 1. The second kappa shape index (κ2) is 10.6. The molecular weight excluding hydrogens is 467 g/mol. The van der Waals surface area contributed by atoms with Gasteiger partial charge in [0, 0.05) is 25.2 Å². The monoisotopic (exact) mass is 495 g/mol. The fourth-order valence-electron chi connectivity index (χ4n) is 5.53. The Kier molecular flexibility index (Phi) is 7.31. The van der Waals surface area contributed by atoms with E-state index in [9.17, 15) is 8.78 Å². The van der Waals surface area contributed by atoms with Crippen molar-refractivity contribution in [2.45, 2.75) is 32.1 Å². The van der Waals surface area contributed by atoms with E-state index in [1.165, 1.54) is 17.7 Å². The molecule has 5 rings (SSSR count). The molecule has 3 aromatic carbocycles. The van der Waals surface area contributed by atoms with Crippen LogP contribution in [-0.4, -0.2) is 31.2 Å². The van der Waals surface area contributed by atoms with Crippen LogP contribution in [0, 0.1) is 17.6 Å². The van der Waals surface area contributed by atoms with Crippen LogP contribution < -0.4 is 0 Å². The summed E-state index contributed by atoms with van der Waals surface area (Å²) in [4.78, 5) is 2.25. The molecule has 0 bridgehead atoms. The maximum Gasteiger partial charge on any atom is 0.131 e. The molecular formula is C30H29ClF3N. The Bertz CT molecular complexity index is 1250. The normalized spacial score (nSPS) is 16.7. The molecule has 1 saturated heterocycles. The lowest BCUT2D eigenvalue weighted by Gasteiger charge is -2.39. The van der Waals surface area contributed by atoms with Gasteiger partial charge in [0.1, 0.15) is 11.6 Å². The summed E-state index contributed by atoms with van der Waals surface area (Å²) in [5.41, 5.74) is 6.27. The van der Waals surface area contributed by atoms with Crippen molar-refractivity contribution in [3.05, 3.63) is 105 Å². The number of nitrogens with zero attached hydrogens (tertiary/aromatic N) is 1. The van der Waals surface area contributed by atoms with E-state index in [2.05, 4.69) is 11.0 Å². The predicted octanol–water partition coefficient (Wildman–Crippen LogP) is 7.75.